The number of rotatable bonds is 3. The van der Waals surface area contributed by atoms with Crippen molar-refractivity contribution >= 4 is 10.9 Å². The summed E-state index contributed by atoms with van der Waals surface area (Å²) in [6.45, 7) is 8.43. The van der Waals surface area contributed by atoms with E-state index in [2.05, 4.69) is 30.1 Å². The number of benzene rings is 1. The van der Waals surface area contributed by atoms with Crippen molar-refractivity contribution in [2.24, 2.45) is 0 Å². The van der Waals surface area contributed by atoms with Crippen LogP contribution in [-0.2, 0) is 0 Å². The summed E-state index contributed by atoms with van der Waals surface area (Å²) >= 11 is 0. The van der Waals surface area contributed by atoms with Crippen LogP contribution in [0.2, 0.25) is 0 Å². The Labute approximate surface area is 95.8 Å². The summed E-state index contributed by atoms with van der Waals surface area (Å²) in [5, 5.41) is 8.27. The van der Waals surface area contributed by atoms with E-state index in [0.29, 0.717) is 5.92 Å². The van der Waals surface area contributed by atoms with Crippen LogP contribution in [0.3, 0.4) is 0 Å². The van der Waals surface area contributed by atoms with Gasteiger partial charge in [-0.05, 0) is 31.4 Å². The van der Waals surface area contributed by atoms with Crippen molar-refractivity contribution < 1.29 is 4.74 Å². The first-order valence-electron chi connectivity index (χ1n) is 5.71. The van der Waals surface area contributed by atoms with Gasteiger partial charge in [0.1, 0.15) is 5.75 Å². The standard InChI is InChI=1S/C13H18N2O/c1-8(2)11-5-10(16-9(3)4)6-13-12(11)7-14-15-13/h5-9H,1-4H3,(H,14,15). The number of H-pyrrole nitrogens is 1. The second kappa shape index (κ2) is 4.16. The Kier molecular flexibility index (Phi) is 2.86. The largest absolute Gasteiger partial charge is 0.491 e. The number of hydrogen-bond donors (Lipinski definition) is 1. The van der Waals surface area contributed by atoms with Gasteiger partial charge in [0.05, 0.1) is 17.8 Å². The molecular weight excluding hydrogens is 200 g/mol. The second-order valence-electron chi connectivity index (χ2n) is 4.67. The topological polar surface area (TPSA) is 37.9 Å². The number of nitrogens with zero attached hydrogens (tertiary/aromatic N) is 1. The highest BCUT2D eigenvalue weighted by atomic mass is 16.5. The van der Waals surface area contributed by atoms with E-state index in [1.807, 2.05) is 26.1 Å². The Morgan fingerprint density at radius 2 is 1.94 bits per heavy atom. The summed E-state index contributed by atoms with van der Waals surface area (Å²) in [5.41, 5.74) is 2.32. The van der Waals surface area contributed by atoms with Crippen LogP contribution >= 0.6 is 0 Å². The maximum Gasteiger partial charge on any atom is 0.122 e. The average molecular weight is 218 g/mol. The molecule has 0 saturated carbocycles. The molecule has 0 atom stereocenters. The number of aromatic nitrogens is 2. The fraction of sp³-hybridized carbons (Fsp3) is 0.462. The molecule has 86 valence electrons. The molecule has 2 rings (SSSR count). The van der Waals surface area contributed by atoms with Gasteiger partial charge in [-0.25, -0.2) is 0 Å². The zero-order valence-electron chi connectivity index (χ0n) is 10.2. The fourth-order valence-electron chi connectivity index (χ4n) is 1.87. The SMILES string of the molecule is CC(C)Oc1cc(C(C)C)c2cn[nH]c2c1. The zero-order chi connectivity index (χ0) is 11.7. The van der Waals surface area contributed by atoms with Gasteiger partial charge >= 0.3 is 0 Å². The van der Waals surface area contributed by atoms with E-state index in [0.717, 1.165) is 11.3 Å². The summed E-state index contributed by atoms with van der Waals surface area (Å²) < 4.78 is 5.73. The molecule has 0 aliphatic rings. The molecule has 1 aromatic carbocycles. The van der Waals surface area contributed by atoms with Crippen molar-refractivity contribution in [1.29, 1.82) is 0 Å². The molecular formula is C13H18N2O. The zero-order valence-corrected chi connectivity index (χ0v) is 10.2. The van der Waals surface area contributed by atoms with Crippen LogP contribution in [0.4, 0.5) is 0 Å². The first-order chi connectivity index (χ1) is 7.58. The minimum absolute atomic E-state index is 0.195. The third-order valence-electron chi connectivity index (χ3n) is 2.56. The molecule has 0 bridgehead atoms. The normalized spacial score (nSPS) is 11.6. The molecule has 0 aliphatic heterocycles. The average Bonchev–Trinajstić information content (AvgIpc) is 2.62. The van der Waals surface area contributed by atoms with Gasteiger partial charge in [0, 0.05) is 11.5 Å². The van der Waals surface area contributed by atoms with Crippen LogP contribution in [0.5, 0.6) is 5.75 Å². The van der Waals surface area contributed by atoms with Crippen LogP contribution < -0.4 is 4.74 Å². The minimum Gasteiger partial charge on any atom is -0.491 e. The maximum absolute atomic E-state index is 5.73. The van der Waals surface area contributed by atoms with E-state index in [1.165, 1.54) is 10.9 Å². The minimum atomic E-state index is 0.195. The highest BCUT2D eigenvalue weighted by Crippen LogP contribution is 2.29. The van der Waals surface area contributed by atoms with E-state index in [-0.39, 0.29) is 6.10 Å². The summed E-state index contributed by atoms with van der Waals surface area (Å²) in [6, 6.07) is 4.12. The quantitative estimate of drug-likeness (QED) is 0.856. The van der Waals surface area contributed by atoms with E-state index in [9.17, 15) is 0 Å². The van der Waals surface area contributed by atoms with Gasteiger partial charge in [-0.15, -0.1) is 0 Å². The Morgan fingerprint density at radius 1 is 1.19 bits per heavy atom. The highest BCUT2D eigenvalue weighted by molar-refractivity contribution is 5.83. The Balaban J connectivity index is 2.53. The number of aromatic amines is 1. The van der Waals surface area contributed by atoms with Crippen LogP contribution in [0.15, 0.2) is 18.3 Å². The molecule has 0 unspecified atom stereocenters. The van der Waals surface area contributed by atoms with Crippen LogP contribution in [0.25, 0.3) is 10.9 Å². The van der Waals surface area contributed by atoms with Gasteiger partial charge in [0.25, 0.3) is 0 Å². The third kappa shape index (κ3) is 2.03. The van der Waals surface area contributed by atoms with Crippen molar-refractivity contribution in [1.82, 2.24) is 10.2 Å². The monoisotopic (exact) mass is 218 g/mol. The lowest BCUT2D eigenvalue weighted by Crippen LogP contribution is -2.06. The first kappa shape index (κ1) is 11.0. The molecule has 0 saturated heterocycles. The molecule has 0 aliphatic carbocycles. The lowest BCUT2D eigenvalue weighted by atomic mass is 9.99. The van der Waals surface area contributed by atoms with Crippen molar-refractivity contribution in [3.05, 3.63) is 23.9 Å². The van der Waals surface area contributed by atoms with Crippen molar-refractivity contribution in [2.75, 3.05) is 0 Å². The number of fused-ring (bicyclic) bond motifs is 1. The molecule has 3 nitrogen and oxygen atoms in total. The number of ether oxygens (including phenoxy) is 1. The van der Waals surface area contributed by atoms with E-state index in [1.54, 1.807) is 0 Å². The predicted molar refractivity (Wildman–Crippen MR) is 65.9 cm³/mol. The molecule has 0 radical (unpaired) electrons. The van der Waals surface area contributed by atoms with Crippen molar-refractivity contribution in [3.63, 3.8) is 0 Å². The predicted octanol–water partition coefficient (Wildman–Crippen LogP) is 3.47. The lowest BCUT2D eigenvalue weighted by Gasteiger charge is -2.13. The molecule has 0 amide bonds. The van der Waals surface area contributed by atoms with Gasteiger partial charge in [-0.3, -0.25) is 5.10 Å². The molecule has 0 fully saturated rings. The van der Waals surface area contributed by atoms with Crippen molar-refractivity contribution in [3.8, 4) is 5.75 Å². The van der Waals surface area contributed by atoms with Gasteiger partial charge in [-0.1, -0.05) is 13.8 Å². The van der Waals surface area contributed by atoms with Gasteiger partial charge in [0.15, 0.2) is 0 Å². The van der Waals surface area contributed by atoms with Gasteiger partial charge < -0.3 is 4.74 Å². The summed E-state index contributed by atoms with van der Waals surface area (Å²) in [4.78, 5) is 0. The Bertz CT molecular complexity index is 486. The van der Waals surface area contributed by atoms with E-state index >= 15 is 0 Å². The van der Waals surface area contributed by atoms with Gasteiger partial charge in [0.2, 0.25) is 0 Å². The van der Waals surface area contributed by atoms with Gasteiger partial charge in [-0.2, -0.15) is 5.10 Å². The summed E-state index contributed by atoms with van der Waals surface area (Å²) in [7, 11) is 0. The first-order valence-corrected chi connectivity index (χ1v) is 5.71. The summed E-state index contributed by atoms with van der Waals surface area (Å²) in [5.74, 6) is 1.38. The maximum atomic E-state index is 5.73. The lowest BCUT2D eigenvalue weighted by molar-refractivity contribution is 0.242. The second-order valence-corrected chi connectivity index (χ2v) is 4.67. The number of hydrogen-bond acceptors (Lipinski definition) is 2. The number of nitrogens with one attached hydrogen (secondary N) is 1. The fourth-order valence-corrected chi connectivity index (χ4v) is 1.87. The highest BCUT2D eigenvalue weighted by Gasteiger charge is 2.10. The smallest absolute Gasteiger partial charge is 0.122 e. The van der Waals surface area contributed by atoms with E-state index in [4.69, 9.17) is 4.74 Å². The molecule has 2 aromatic rings. The third-order valence-corrected chi connectivity index (χ3v) is 2.56. The molecule has 0 spiro atoms. The Morgan fingerprint density at radius 3 is 2.56 bits per heavy atom. The molecule has 1 heterocycles. The molecule has 1 aromatic heterocycles. The molecule has 16 heavy (non-hydrogen) atoms. The van der Waals surface area contributed by atoms with E-state index < -0.39 is 0 Å². The summed E-state index contributed by atoms with van der Waals surface area (Å²) in [6.07, 6.45) is 2.07. The Hall–Kier alpha value is -1.51. The van der Waals surface area contributed by atoms with Crippen LogP contribution in [0, 0.1) is 0 Å². The van der Waals surface area contributed by atoms with Crippen molar-refractivity contribution in [2.45, 2.75) is 39.7 Å². The molecule has 3 heteroatoms. The van der Waals surface area contributed by atoms with Crippen LogP contribution in [0.1, 0.15) is 39.2 Å². The molecule has 1 N–H and O–H groups in total. The van der Waals surface area contributed by atoms with Crippen LogP contribution in [-0.4, -0.2) is 16.3 Å².